The summed E-state index contributed by atoms with van der Waals surface area (Å²) in [6.45, 7) is 1.39. The number of nitrogens with zero attached hydrogens (tertiary/aromatic N) is 5. The first-order valence-electron chi connectivity index (χ1n) is 10.2. The highest BCUT2D eigenvalue weighted by Crippen LogP contribution is 2.38. The number of rotatable bonds is 5. The van der Waals surface area contributed by atoms with Crippen molar-refractivity contribution in [3.63, 3.8) is 0 Å². The molecule has 10 heteroatoms. The minimum Gasteiger partial charge on any atom is -0.475 e. The van der Waals surface area contributed by atoms with Gasteiger partial charge in [0.05, 0.1) is 22.9 Å². The molecular formula is C22H19F3N6O. The van der Waals surface area contributed by atoms with Gasteiger partial charge >= 0.3 is 6.18 Å². The maximum Gasteiger partial charge on any atom is 0.433 e. The van der Waals surface area contributed by atoms with Crippen LogP contribution in [-0.4, -0.2) is 37.9 Å². The predicted molar refractivity (Wildman–Crippen MR) is 112 cm³/mol. The van der Waals surface area contributed by atoms with Crippen molar-refractivity contribution in [2.75, 3.05) is 13.2 Å². The molecule has 5 rings (SSSR count). The molecule has 0 fully saturated rings. The van der Waals surface area contributed by atoms with Crippen LogP contribution in [0.2, 0.25) is 0 Å². The van der Waals surface area contributed by atoms with Gasteiger partial charge in [0.2, 0.25) is 5.88 Å². The number of halogens is 3. The topological polar surface area (TPSA) is 91.7 Å². The molecule has 1 aromatic carbocycles. The van der Waals surface area contributed by atoms with E-state index in [9.17, 15) is 13.2 Å². The van der Waals surface area contributed by atoms with Crippen LogP contribution in [0.15, 0.2) is 42.6 Å². The van der Waals surface area contributed by atoms with E-state index >= 15 is 0 Å². The average Bonchev–Trinajstić information content (AvgIpc) is 3.38. The maximum absolute atomic E-state index is 13.2. The minimum absolute atomic E-state index is 0.183. The third-order valence-electron chi connectivity index (χ3n) is 5.30. The van der Waals surface area contributed by atoms with E-state index in [4.69, 9.17) is 10.5 Å². The van der Waals surface area contributed by atoms with Gasteiger partial charge in [-0.3, -0.25) is 4.68 Å². The third-order valence-corrected chi connectivity index (χ3v) is 5.30. The number of alkyl halides is 3. The van der Waals surface area contributed by atoms with E-state index < -0.39 is 11.9 Å². The first kappa shape index (κ1) is 20.4. The summed E-state index contributed by atoms with van der Waals surface area (Å²) in [6.07, 6.45) is -1.29. The van der Waals surface area contributed by atoms with Gasteiger partial charge in [-0.05, 0) is 42.7 Å². The van der Waals surface area contributed by atoms with Gasteiger partial charge in [-0.25, -0.2) is 15.0 Å². The van der Waals surface area contributed by atoms with Gasteiger partial charge in [-0.1, -0.05) is 12.1 Å². The zero-order valence-corrected chi connectivity index (χ0v) is 16.9. The third kappa shape index (κ3) is 3.66. The Labute approximate surface area is 181 Å². The molecule has 0 unspecified atom stereocenters. The zero-order chi connectivity index (χ0) is 22.3. The Hall–Kier alpha value is -3.53. The smallest absolute Gasteiger partial charge is 0.433 e. The Morgan fingerprint density at radius 1 is 1.09 bits per heavy atom. The Bertz CT molecular complexity index is 1300. The number of fused-ring (bicyclic) bond motifs is 2. The van der Waals surface area contributed by atoms with E-state index in [-0.39, 0.29) is 5.69 Å². The molecule has 164 valence electrons. The second kappa shape index (κ2) is 7.86. The van der Waals surface area contributed by atoms with Crippen LogP contribution in [0, 0.1) is 0 Å². The number of hydrogen-bond donors (Lipinski definition) is 1. The number of nitrogens with two attached hydrogens (primary N) is 1. The molecule has 0 radical (unpaired) electrons. The van der Waals surface area contributed by atoms with Crippen molar-refractivity contribution in [2.24, 2.45) is 5.73 Å². The number of benzene rings is 1. The van der Waals surface area contributed by atoms with Gasteiger partial charge in [-0.2, -0.15) is 18.3 Å². The number of aryl methyl sites for hydroxylation is 1. The molecule has 0 saturated carbocycles. The molecule has 3 aromatic heterocycles. The van der Waals surface area contributed by atoms with Gasteiger partial charge in [0.25, 0.3) is 0 Å². The summed E-state index contributed by atoms with van der Waals surface area (Å²) in [4.78, 5) is 12.7. The van der Waals surface area contributed by atoms with E-state index in [2.05, 4.69) is 20.1 Å². The summed E-state index contributed by atoms with van der Waals surface area (Å²) in [5, 5.41) is 4.61. The Balaban J connectivity index is 1.65. The lowest BCUT2D eigenvalue weighted by molar-refractivity contribution is -0.141. The fraction of sp³-hybridized carbons (Fsp3) is 0.273. The van der Waals surface area contributed by atoms with Crippen molar-refractivity contribution in [3.05, 3.63) is 54.0 Å². The fourth-order valence-electron chi connectivity index (χ4n) is 3.92. The first-order chi connectivity index (χ1) is 15.4. The standard InChI is InChI=1S/C22H19F3N6O/c23-22(24,25)18-5-1-3-15(28-18)21-20(17-4-2-9-31(17)30-21)13-6-7-14-16(11-13)29-19(12-27-14)32-10-8-26/h1,3,5-7,11-12H,2,4,8-10,26H2. The number of hydrogen-bond acceptors (Lipinski definition) is 6. The highest BCUT2D eigenvalue weighted by molar-refractivity contribution is 5.87. The van der Waals surface area contributed by atoms with Gasteiger partial charge in [0, 0.05) is 24.3 Å². The van der Waals surface area contributed by atoms with Crippen molar-refractivity contribution in [3.8, 4) is 28.4 Å². The Kier molecular flexibility index (Phi) is 5.01. The SMILES string of the molecule is NCCOc1cnc2ccc(-c3c(-c4cccc(C(F)(F)F)n4)nn4c3CCC4)cc2n1. The van der Waals surface area contributed by atoms with Crippen LogP contribution in [0.4, 0.5) is 13.2 Å². The summed E-state index contributed by atoms with van der Waals surface area (Å²) in [5.41, 5.74) is 8.97. The lowest BCUT2D eigenvalue weighted by Gasteiger charge is -2.09. The fourth-order valence-corrected chi connectivity index (χ4v) is 3.92. The molecule has 0 bridgehead atoms. The maximum atomic E-state index is 13.2. The molecule has 7 nitrogen and oxygen atoms in total. The summed E-state index contributed by atoms with van der Waals surface area (Å²) in [5.74, 6) is 0.361. The van der Waals surface area contributed by atoms with Crippen LogP contribution >= 0.6 is 0 Å². The average molecular weight is 440 g/mol. The lowest BCUT2D eigenvalue weighted by Crippen LogP contribution is -2.11. The summed E-state index contributed by atoms with van der Waals surface area (Å²) >= 11 is 0. The molecule has 0 amide bonds. The van der Waals surface area contributed by atoms with Crippen molar-refractivity contribution in [1.82, 2.24) is 24.7 Å². The van der Waals surface area contributed by atoms with E-state index in [0.717, 1.165) is 35.7 Å². The Morgan fingerprint density at radius 2 is 1.97 bits per heavy atom. The molecule has 0 aliphatic carbocycles. The molecule has 1 aliphatic rings. The van der Waals surface area contributed by atoms with E-state index in [1.807, 2.05) is 22.9 Å². The van der Waals surface area contributed by atoms with Crippen molar-refractivity contribution < 1.29 is 17.9 Å². The van der Waals surface area contributed by atoms with Crippen LogP contribution in [0.25, 0.3) is 33.5 Å². The number of aromatic nitrogens is 5. The van der Waals surface area contributed by atoms with Gasteiger partial charge in [-0.15, -0.1) is 0 Å². The highest BCUT2D eigenvalue weighted by atomic mass is 19.4. The lowest BCUT2D eigenvalue weighted by atomic mass is 9.99. The second-order valence-electron chi connectivity index (χ2n) is 7.45. The quantitative estimate of drug-likeness (QED) is 0.507. The number of ether oxygens (including phenoxy) is 1. The van der Waals surface area contributed by atoms with Crippen molar-refractivity contribution in [1.29, 1.82) is 0 Å². The minimum atomic E-state index is -4.53. The Morgan fingerprint density at radius 3 is 2.78 bits per heavy atom. The molecule has 0 saturated heterocycles. The molecule has 32 heavy (non-hydrogen) atoms. The van der Waals surface area contributed by atoms with E-state index in [1.54, 1.807) is 6.07 Å². The predicted octanol–water partition coefficient (Wildman–Crippen LogP) is 3.86. The van der Waals surface area contributed by atoms with Crippen LogP contribution in [-0.2, 0) is 19.1 Å². The monoisotopic (exact) mass is 440 g/mol. The van der Waals surface area contributed by atoms with Crippen molar-refractivity contribution >= 4 is 11.0 Å². The molecule has 2 N–H and O–H groups in total. The second-order valence-corrected chi connectivity index (χ2v) is 7.45. The summed E-state index contributed by atoms with van der Waals surface area (Å²) in [7, 11) is 0. The molecule has 4 heterocycles. The number of pyridine rings is 1. The molecule has 0 spiro atoms. The van der Waals surface area contributed by atoms with Gasteiger partial charge in [0.15, 0.2) is 0 Å². The van der Waals surface area contributed by atoms with Crippen LogP contribution < -0.4 is 10.5 Å². The van der Waals surface area contributed by atoms with E-state index in [1.165, 1.54) is 12.3 Å². The van der Waals surface area contributed by atoms with E-state index in [0.29, 0.717) is 42.3 Å². The summed E-state index contributed by atoms with van der Waals surface area (Å²) in [6, 6.07) is 9.42. The highest BCUT2D eigenvalue weighted by Gasteiger charge is 2.33. The summed E-state index contributed by atoms with van der Waals surface area (Å²) < 4.78 is 47.1. The molecule has 1 aliphatic heterocycles. The largest absolute Gasteiger partial charge is 0.475 e. The first-order valence-corrected chi connectivity index (χ1v) is 10.2. The van der Waals surface area contributed by atoms with Crippen LogP contribution in [0.5, 0.6) is 5.88 Å². The molecule has 0 atom stereocenters. The van der Waals surface area contributed by atoms with Crippen LogP contribution in [0.1, 0.15) is 17.8 Å². The zero-order valence-electron chi connectivity index (χ0n) is 16.9. The van der Waals surface area contributed by atoms with Crippen LogP contribution in [0.3, 0.4) is 0 Å². The van der Waals surface area contributed by atoms with Crippen molar-refractivity contribution in [2.45, 2.75) is 25.6 Å². The molecular weight excluding hydrogens is 421 g/mol. The normalized spacial score (nSPS) is 13.5. The molecule has 4 aromatic rings. The van der Waals surface area contributed by atoms with Gasteiger partial charge < -0.3 is 10.5 Å². The van der Waals surface area contributed by atoms with Gasteiger partial charge in [0.1, 0.15) is 18.0 Å².